The zero-order chi connectivity index (χ0) is 24.1. The zero-order valence-corrected chi connectivity index (χ0v) is 20.8. The van der Waals surface area contributed by atoms with Crippen molar-refractivity contribution in [2.75, 3.05) is 36.2 Å². The number of aromatic amines is 1. The molecule has 0 radical (unpaired) electrons. The Bertz CT molecular complexity index is 1130. The molecular weight excluding hydrogens is 450 g/mol. The van der Waals surface area contributed by atoms with Crippen molar-refractivity contribution in [3.8, 4) is 5.75 Å². The number of hydrogen-bond donors (Lipinski definition) is 3. The summed E-state index contributed by atoms with van der Waals surface area (Å²) in [7, 11) is 3.57. The molecule has 2 heterocycles. The number of anilines is 4. The maximum atomic E-state index is 12.4. The van der Waals surface area contributed by atoms with Crippen LogP contribution in [0, 0.1) is 12.8 Å². The van der Waals surface area contributed by atoms with E-state index in [1.165, 1.54) is 11.8 Å². The molecule has 2 aromatic heterocycles. The fraction of sp³-hybridized carbons (Fsp3) is 0.417. The van der Waals surface area contributed by atoms with Gasteiger partial charge in [0.1, 0.15) is 0 Å². The highest BCUT2D eigenvalue weighted by Crippen LogP contribution is 2.37. The summed E-state index contributed by atoms with van der Waals surface area (Å²) in [6.07, 6.45) is 4.25. The molecule has 0 spiro atoms. The summed E-state index contributed by atoms with van der Waals surface area (Å²) in [6, 6.07) is 9.68. The van der Waals surface area contributed by atoms with Crippen LogP contribution < -0.4 is 20.3 Å². The van der Waals surface area contributed by atoms with Crippen molar-refractivity contribution in [1.82, 2.24) is 20.2 Å². The van der Waals surface area contributed by atoms with Gasteiger partial charge in [-0.15, -0.1) is 0 Å². The normalized spacial score (nSPS) is 13.6. The second-order valence-electron chi connectivity index (χ2n) is 8.38. The number of aromatic nitrogens is 4. The second kappa shape index (κ2) is 10.8. The summed E-state index contributed by atoms with van der Waals surface area (Å²) in [6.45, 7) is 4.75. The molecule has 0 bridgehead atoms. The number of rotatable bonds is 9. The predicted molar refractivity (Wildman–Crippen MR) is 135 cm³/mol. The molecule has 9 nitrogen and oxygen atoms in total. The lowest BCUT2D eigenvalue weighted by Crippen LogP contribution is -2.20. The van der Waals surface area contributed by atoms with Gasteiger partial charge in [0.05, 0.1) is 7.11 Å². The Morgan fingerprint density at radius 2 is 1.97 bits per heavy atom. The van der Waals surface area contributed by atoms with Gasteiger partial charge in [0.15, 0.2) is 22.6 Å². The van der Waals surface area contributed by atoms with Gasteiger partial charge in [-0.05, 0) is 62.7 Å². The number of aryl methyl sites for hydroxylation is 1. The standard InChI is InChI=1S/C24H31N7O2S/c1-5-31(3)22-20(33-4)21(26-19-14-15(2)29-30-19)27-24(28-22)34-18-12-10-17(11-13-18)25-23(32)16-8-6-7-9-16/h10-14,16H,5-9H2,1-4H3,(H,25,32)(H2,26,27,28,29,30). The van der Waals surface area contributed by atoms with Gasteiger partial charge in [0.25, 0.3) is 0 Å². The van der Waals surface area contributed by atoms with Crippen LogP contribution in [0.4, 0.5) is 23.1 Å². The fourth-order valence-corrected chi connectivity index (χ4v) is 4.64. The van der Waals surface area contributed by atoms with E-state index in [-0.39, 0.29) is 11.8 Å². The van der Waals surface area contributed by atoms with E-state index in [0.29, 0.717) is 28.4 Å². The van der Waals surface area contributed by atoms with E-state index in [4.69, 9.17) is 14.7 Å². The van der Waals surface area contributed by atoms with Gasteiger partial charge < -0.3 is 20.3 Å². The highest BCUT2D eigenvalue weighted by Gasteiger charge is 2.23. The number of methoxy groups -OCH3 is 1. The third-order valence-corrected chi connectivity index (χ3v) is 6.75. The first kappa shape index (κ1) is 23.9. The SMILES string of the molecule is CCN(C)c1nc(Sc2ccc(NC(=O)C3CCCC3)cc2)nc(Nc2cc(C)[nH]n2)c1OC. The summed E-state index contributed by atoms with van der Waals surface area (Å²) in [4.78, 5) is 24.8. The molecule has 1 fully saturated rings. The molecule has 1 aromatic carbocycles. The minimum absolute atomic E-state index is 0.118. The smallest absolute Gasteiger partial charge is 0.227 e. The van der Waals surface area contributed by atoms with Crippen LogP contribution in [0.3, 0.4) is 0 Å². The van der Waals surface area contributed by atoms with Crippen molar-refractivity contribution in [3.05, 3.63) is 36.0 Å². The van der Waals surface area contributed by atoms with Gasteiger partial charge in [-0.1, -0.05) is 12.8 Å². The molecule has 0 aliphatic heterocycles. The molecule has 1 aliphatic rings. The summed E-state index contributed by atoms with van der Waals surface area (Å²) < 4.78 is 5.66. The molecule has 0 atom stereocenters. The number of carbonyl (C=O) groups is 1. The molecular formula is C24H31N7O2S. The lowest BCUT2D eigenvalue weighted by molar-refractivity contribution is -0.119. The maximum Gasteiger partial charge on any atom is 0.227 e. The van der Waals surface area contributed by atoms with E-state index >= 15 is 0 Å². The molecule has 4 rings (SSSR count). The number of hydrogen-bond acceptors (Lipinski definition) is 8. The van der Waals surface area contributed by atoms with Crippen LogP contribution in [-0.2, 0) is 4.79 Å². The third-order valence-electron chi connectivity index (χ3n) is 5.88. The van der Waals surface area contributed by atoms with Crippen LogP contribution in [0.5, 0.6) is 5.75 Å². The minimum atomic E-state index is 0.118. The molecule has 1 amide bonds. The summed E-state index contributed by atoms with van der Waals surface area (Å²) in [5.74, 6) is 2.70. The van der Waals surface area contributed by atoms with Gasteiger partial charge in [0.2, 0.25) is 11.7 Å². The first-order chi connectivity index (χ1) is 16.5. The van der Waals surface area contributed by atoms with Crippen LogP contribution in [0.2, 0.25) is 0 Å². The van der Waals surface area contributed by atoms with E-state index < -0.39 is 0 Å². The molecule has 3 N–H and O–H groups in total. The number of nitrogens with zero attached hydrogens (tertiary/aromatic N) is 4. The molecule has 10 heteroatoms. The van der Waals surface area contributed by atoms with E-state index in [1.807, 2.05) is 49.2 Å². The van der Waals surface area contributed by atoms with Crippen LogP contribution in [0.1, 0.15) is 38.3 Å². The van der Waals surface area contributed by atoms with E-state index in [0.717, 1.165) is 48.5 Å². The molecule has 180 valence electrons. The monoisotopic (exact) mass is 481 g/mol. The third kappa shape index (κ3) is 5.61. The highest BCUT2D eigenvalue weighted by atomic mass is 32.2. The fourth-order valence-electron chi connectivity index (χ4n) is 3.89. The number of amides is 1. The average Bonchev–Trinajstić information content (AvgIpc) is 3.52. The van der Waals surface area contributed by atoms with Gasteiger partial charge in [-0.25, -0.2) is 9.97 Å². The molecule has 0 unspecified atom stereocenters. The minimum Gasteiger partial charge on any atom is -0.490 e. The van der Waals surface area contributed by atoms with Gasteiger partial charge >= 0.3 is 0 Å². The number of ether oxygens (including phenoxy) is 1. The van der Waals surface area contributed by atoms with Crippen LogP contribution in [0.25, 0.3) is 0 Å². The van der Waals surface area contributed by atoms with Gasteiger partial charge in [-0.3, -0.25) is 9.89 Å². The molecule has 0 saturated heterocycles. The molecule has 1 saturated carbocycles. The van der Waals surface area contributed by atoms with Crippen molar-refractivity contribution >= 4 is 40.8 Å². The molecule has 1 aliphatic carbocycles. The van der Waals surface area contributed by atoms with Crippen molar-refractivity contribution < 1.29 is 9.53 Å². The molecule has 34 heavy (non-hydrogen) atoms. The predicted octanol–water partition coefficient (Wildman–Crippen LogP) is 5.00. The average molecular weight is 482 g/mol. The first-order valence-electron chi connectivity index (χ1n) is 11.5. The van der Waals surface area contributed by atoms with Gasteiger partial charge in [-0.2, -0.15) is 5.10 Å². The Morgan fingerprint density at radius 3 is 2.59 bits per heavy atom. The highest BCUT2D eigenvalue weighted by molar-refractivity contribution is 7.99. The van der Waals surface area contributed by atoms with Gasteiger partial charge in [0, 0.05) is 41.9 Å². The Kier molecular flexibility index (Phi) is 7.56. The molecule has 3 aromatic rings. The zero-order valence-electron chi connectivity index (χ0n) is 20.0. The van der Waals surface area contributed by atoms with Crippen LogP contribution in [0.15, 0.2) is 40.4 Å². The van der Waals surface area contributed by atoms with E-state index in [9.17, 15) is 4.79 Å². The Labute approximate surface area is 204 Å². The van der Waals surface area contributed by atoms with Crippen molar-refractivity contribution in [2.24, 2.45) is 5.92 Å². The van der Waals surface area contributed by atoms with Crippen molar-refractivity contribution in [3.63, 3.8) is 0 Å². The Morgan fingerprint density at radius 1 is 1.24 bits per heavy atom. The number of H-pyrrole nitrogens is 1. The summed E-state index contributed by atoms with van der Waals surface area (Å²) >= 11 is 1.45. The Hall–Kier alpha value is -3.27. The number of benzene rings is 1. The topological polar surface area (TPSA) is 108 Å². The van der Waals surface area contributed by atoms with Crippen molar-refractivity contribution in [1.29, 1.82) is 0 Å². The van der Waals surface area contributed by atoms with E-state index in [1.54, 1.807) is 7.11 Å². The quantitative estimate of drug-likeness (QED) is 0.367. The largest absolute Gasteiger partial charge is 0.490 e. The lowest BCUT2D eigenvalue weighted by atomic mass is 10.1. The van der Waals surface area contributed by atoms with Crippen LogP contribution in [-0.4, -0.2) is 46.8 Å². The summed E-state index contributed by atoms with van der Waals surface area (Å²) in [5, 5.41) is 14.0. The Balaban J connectivity index is 1.55. The maximum absolute atomic E-state index is 12.4. The number of carbonyl (C=O) groups excluding carboxylic acids is 1. The van der Waals surface area contributed by atoms with Crippen LogP contribution >= 0.6 is 11.8 Å². The first-order valence-corrected chi connectivity index (χ1v) is 12.3. The lowest BCUT2D eigenvalue weighted by Gasteiger charge is -2.21. The van der Waals surface area contributed by atoms with Crippen molar-refractivity contribution in [2.45, 2.75) is 49.6 Å². The summed E-state index contributed by atoms with van der Waals surface area (Å²) in [5.41, 5.74) is 1.75. The number of nitrogens with one attached hydrogen (secondary N) is 3. The van der Waals surface area contributed by atoms with E-state index in [2.05, 4.69) is 27.8 Å². The second-order valence-corrected chi connectivity index (χ2v) is 9.42.